The van der Waals surface area contributed by atoms with Gasteiger partial charge in [-0.05, 0) is 102 Å². The van der Waals surface area contributed by atoms with Gasteiger partial charge in [-0.25, -0.2) is 0 Å². The number of rotatable bonds is 1. The number of aryl methyl sites for hydroxylation is 1. The minimum Gasteiger partial charge on any atom is -0.508 e. The van der Waals surface area contributed by atoms with Crippen LogP contribution in [0.3, 0.4) is 0 Å². The molecule has 3 heteroatoms. The fourth-order valence-corrected chi connectivity index (χ4v) is 6.25. The lowest BCUT2D eigenvalue weighted by molar-refractivity contribution is -0.127. The van der Waals surface area contributed by atoms with Crippen LogP contribution in [0.5, 0.6) is 5.75 Å². The predicted octanol–water partition coefficient (Wildman–Crippen LogP) is 6.16. The Kier molecular flexibility index (Phi) is 4.17. The summed E-state index contributed by atoms with van der Waals surface area (Å²) in [4.78, 5) is 13.4. The van der Waals surface area contributed by atoms with Crippen LogP contribution in [0, 0.1) is 17.3 Å². The van der Waals surface area contributed by atoms with E-state index in [0.717, 1.165) is 48.3 Å². The van der Waals surface area contributed by atoms with E-state index in [1.807, 2.05) is 36.4 Å². The highest BCUT2D eigenvalue weighted by Gasteiger charge is 2.56. The average Bonchev–Trinajstić information content (AvgIpc) is 2.94. The molecule has 3 aliphatic rings. The van der Waals surface area contributed by atoms with Gasteiger partial charge in [0, 0.05) is 10.4 Å². The van der Waals surface area contributed by atoms with E-state index in [1.165, 1.54) is 11.1 Å². The van der Waals surface area contributed by atoms with Crippen molar-refractivity contribution in [3.63, 3.8) is 0 Å². The van der Waals surface area contributed by atoms with E-state index in [9.17, 15) is 9.90 Å². The van der Waals surface area contributed by atoms with Crippen molar-refractivity contribution in [2.45, 2.75) is 44.9 Å². The first kappa shape index (κ1) is 18.0. The molecule has 0 aromatic heterocycles. The highest BCUT2D eigenvalue weighted by molar-refractivity contribution is 6.30. The van der Waals surface area contributed by atoms with Gasteiger partial charge in [-0.3, -0.25) is 4.79 Å². The first-order chi connectivity index (χ1) is 13.5. The summed E-state index contributed by atoms with van der Waals surface area (Å²) >= 11 is 6.00. The Morgan fingerprint density at radius 2 is 1.93 bits per heavy atom. The van der Waals surface area contributed by atoms with Crippen molar-refractivity contribution in [3.05, 3.63) is 69.8 Å². The van der Waals surface area contributed by atoms with Crippen molar-refractivity contribution in [1.82, 2.24) is 0 Å². The first-order valence-electron chi connectivity index (χ1n) is 10.3. The van der Waals surface area contributed by atoms with Crippen LogP contribution >= 0.6 is 11.6 Å². The Labute approximate surface area is 171 Å². The third-order valence-corrected chi connectivity index (χ3v) is 7.81. The maximum Gasteiger partial charge on any atom is 0.165 e. The number of Topliss-reactive ketones (excluding diaryl/α,β-unsaturated/α-hetero) is 1. The molecule has 4 atom stereocenters. The second-order valence-electron chi connectivity index (χ2n) is 9.01. The molecule has 2 aromatic rings. The Morgan fingerprint density at radius 1 is 1.14 bits per heavy atom. The summed E-state index contributed by atoms with van der Waals surface area (Å²) in [6.45, 7) is 2.20. The van der Waals surface area contributed by atoms with Crippen LogP contribution in [0.15, 0.2) is 48.0 Å². The van der Waals surface area contributed by atoms with Crippen LogP contribution in [0.4, 0.5) is 0 Å². The Bertz CT molecular complexity index is 975. The fourth-order valence-electron chi connectivity index (χ4n) is 6.13. The quantitative estimate of drug-likeness (QED) is 0.589. The maximum absolute atomic E-state index is 13.4. The maximum atomic E-state index is 13.4. The molecular weight excluding hydrogens is 368 g/mol. The number of halogens is 1. The summed E-state index contributed by atoms with van der Waals surface area (Å²) in [7, 11) is 0. The molecule has 0 bridgehead atoms. The number of carbonyl (C=O) groups is 1. The molecule has 3 aliphatic carbocycles. The topological polar surface area (TPSA) is 37.3 Å². The molecule has 2 aromatic carbocycles. The second-order valence-corrected chi connectivity index (χ2v) is 9.45. The Morgan fingerprint density at radius 3 is 2.71 bits per heavy atom. The number of carbonyl (C=O) groups excluding carboxylic acids is 1. The van der Waals surface area contributed by atoms with E-state index in [2.05, 4.69) is 19.1 Å². The van der Waals surface area contributed by atoms with Gasteiger partial charge in [0.15, 0.2) is 5.78 Å². The Hall–Kier alpha value is -2.06. The molecule has 0 heterocycles. The van der Waals surface area contributed by atoms with Crippen LogP contribution in [-0.2, 0) is 11.2 Å². The number of benzene rings is 2. The van der Waals surface area contributed by atoms with E-state index in [0.29, 0.717) is 29.3 Å². The summed E-state index contributed by atoms with van der Waals surface area (Å²) < 4.78 is 0. The zero-order chi connectivity index (χ0) is 19.5. The van der Waals surface area contributed by atoms with E-state index < -0.39 is 0 Å². The minimum absolute atomic E-state index is 0.228. The van der Waals surface area contributed by atoms with Crippen LogP contribution in [0.2, 0.25) is 5.02 Å². The summed E-state index contributed by atoms with van der Waals surface area (Å²) in [6.07, 6.45) is 7.09. The van der Waals surface area contributed by atoms with Gasteiger partial charge in [-0.15, -0.1) is 0 Å². The van der Waals surface area contributed by atoms with Crippen molar-refractivity contribution >= 4 is 23.5 Å². The van der Waals surface area contributed by atoms with Gasteiger partial charge in [0.25, 0.3) is 0 Å². The number of hydrogen-bond donors (Lipinski definition) is 1. The molecule has 0 radical (unpaired) electrons. The number of phenols is 1. The van der Waals surface area contributed by atoms with E-state index >= 15 is 0 Å². The molecule has 2 saturated carbocycles. The van der Waals surface area contributed by atoms with Crippen LogP contribution in [0.25, 0.3) is 6.08 Å². The molecule has 2 fully saturated rings. The van der Waals surface area contributed by atoms with Crippen molar-refractivity contribution in [2.24, 2.45) is 17.3 Å². The SMILES string of the molecule is C[C@@]12CC[C@H]3c4ccc(O)cc4CC[C@H]3[C@@H]1C/C(=C\c1ccc(Cl)cc1)C2=O. The first-order valence-corrected chi connectivity index (χ1v) is 10.7. The minimum atomic E-state index is -0.228. The van der Waals surface area contributed by atoms with Crippen molar-refractivity contribution in [1.29, 1.82) is 0 Å². The molecule has 144 valence electrons. The smallest absolute Gasteiger partial charge is 0.165 e. The number of aromatic hydroxyl groups is 1. The molecule has 0 aliphatic heterocycles. The van der Waals surface area contributed by atoms with Crippen molar-refractivity contribution in [3.8, 4) is 5.75 Å². The number of ketones is 1. The normalized spacial score (nSPS) is 32.7. The highest BCUT2D eigenvalue weighted by atomic mass is 35.5. The van der Waals surface area contributed by atoms with E-state index in [-0.39, 0.29) is 5.41 Å². The molecule has 2 nitrogen and oxygen atoms in total. The number of allylic oxidation sites excluding steroid dienone is 1. The van der Waals surface area contributed by atoms with Gasteiger partial charge in [0.1, 0.15) is 5.75 Å². The monoisotopic (exact) mass is 392 g/mol. The molecule has 0 spiro atoms. The molecule has 1 N–H and O–H groups in total. The van der Waals surface area contributed by atoms with Crippen molar-refractivity contribution < 1.29 is 9.90 Å². The van der Waals surface area contributed by atoms with Gasteiger partial charge in [0.2, 0.25) is 0 Å². The highest BCUT2D eigenvalue weighted by Crippen LogP contribution is 2.60. The fraction of sp³-hybridized carbons (Fsp3) is 0.400. The van der Waals surface area contributed by atoms with Gasteiger partial charge in [-0.2, -0.15) is 0 Å². The third-order valence-electron chi connectivity index (χ3n) is 7.56. The number of phenolic OH excluding ortho intramolecular Hbond substituents is 1. The summed E-state index contributed by atoms with van der Waals surface area (Å²) in [5.74, 6) is 2.20. The molecule has 0 unspecified atom stereocenters. The zero-order valence-electron chi connectivity index (χ0n) is 16.1. The molecule has 5 rings (SSSR count). The van der Waals surface area contributed by atoms with E-state index in [1.54, 1.807) is 0 Å². The standard InChI is InChI=1S/C25H25ClO2/c1-25-11-10-21-20-9-7-19(27)13-16(20)4-8-22(21)23(25)14-17(24(25)28)12-15-2-5-18(26)6-3-15/h2-3,5-7,9,12-13,21-23,27H,4,8,10-11,14H2,1H3/b17-12+/t21-,22+,23-,25+/m0/s1. The average molecular weight is 393 g/mol. The van der Waals surface area contributed by atoms with Crippen molar-refractivity contribution in [2.75, 3.05) is 0 Å². The third kappa shape index (κ3) is 2.73. The van der Waals surface area contributed by atoms with Gasteiger partial charge in [0.05, 0.1) is 0 Å². The second kappa shape index (κ2) is 6.49. The molecule has 0 amide bonds. The molecule has 28 heavy (non-hydrogen) atoms. The van der Waals surface area contributed by atoms with Crippen LogP contribution < -0.4 is 0 Å². The largest absolute Gasteiger partial charge is 0.508 e. The summed E-state index contributed by atoms with van der Waals surface area (Å²) in [5, 5.41) is 10.6. The lowest BCUT2D eigenvalue weighted by Gasteiger charge is -2.48. The number of hydrogen-bond acceptors (Lipinski definition) is 2. The molecular formula is C25H25ClO2. The summed E-state index contributed by atoms with van der Waals surface area (Å²) in [5.41, 5.74) is 4.50. The molecule has 0 saturated heterocycles. The van der Waals surface area contributed by atoms with Crippen LogP contribution in [0.1, 0.15) is 55.2 Å². The van der Waals surface area contributed by atoms with Gasteiger partial charge in [-0.1, -0.05) is 36.7 Å². The van der Waals surface area contributed by atoms with Crippen LogP contribution in [-0.4, -0.2) is 10.9 Å². The lowest BCUT2D eigenvalue weighted by atomic mass is 9.55. The Balaban J connectivity index is 1.48. The lowest BCUT2D eigenvalue weighted by Crippen LogP contribution is -2.42. The zero-order valence-corrected chi connectivity index (χ0v) is 16.9. The van der Waals surface area contributed by atoms with Gasteiger partial charge < -0.3 is 5.11 Å². The summed E-state index contributed by atoms with van der Waals surface area (Å²) in [6, 6.07) is 13.6. The van der Waals surface area contributed by atoms with E-state index in [4.69, 9.17) is 11.6 Å². The predicted molar refractivity (Wildman–Crippen MR) is 113 cm³/mol. The van der Waals surface area contributed by atoms with Gasteiger partial charge >= 0.3 is 0 Å². The number of fused-ring (bicyclic) bond motifs is 5.